The number of carboxylic acid groups (broad SMARTS) is 1. The molecule has 2 aromatic rings. The van der Waals surface area contributed by atoms with E-state index < -0.39 is 12.0 Å². The Bertz CT molecular complexity index is 605. The molecule has 0 radical (unpaired) electrons. The summed E-state index contributed by atoms with van der Waals surface area (Å²) < 4.78 is 0. The van der Waals surface area contributed by atoms with Gasteiger partial charge in [-0.15, -0.1) is 0 Å². The highest BCUT2D eigenvalue weighted by Gasteiger charge is 2.36. The van der Waals surface area contributed by atoms with Crippen molar-refractivity contribution >= 4 is 11.7 Å². The van der Waals surface area contributed by atoms with Crippen LogP contribution < -0.4 is 5.32 Å². The Balaban J connectivity index is 1.92. The molecule has 1 atom stereocenters. The van der Waals surface area contributed by atoms with Crippen LogP contribution in [0.1, 0.15) is 12.8 Å². The molecule has 0 aromatic heterocycles. The fraction of sp³-hybridized carbons (Fsp3) is 0.235. The summed E-state index contributed by atoms with van der Waals surface area (Å²) in [6, 6.07) is 17.4. The molecule has 0 spiro atoms. The molecule has 1 aliphatic carbocycles. The van der Waals surface area contributed by atoms with Gasteiger partial charge >= 0.3 is 5.97 Å². The summed E-state index contributed by atoms with van der Waals surface area (Å²) in [6.45, 7) is 0. The van der Waals surface area contributed by atoms with Crippen LogP contribution in [0.3, 0.4) is 0 Å². The number of para-hydroxylation sites is 1. The van der Waals surface area contributed by atoms with Gasteiger partial charge in [0.2, 0.25) is 0 Å². The molecule has 20 heavy (non-hydrogen) atoms. The van der Waals surface area contributed by atoms with E-state index in [-0.39, 0.29) is 5.92 Å². The van der Waals surface area contributed by atoms with Crippen molar-refractivity contribution in [2.24, 2.45) is 5.92 Å². The van der Waals surface area contributed by atoms with Crippen LogP contribution in [-0.4, -0.2) is 17.1 Å². The van der Waals surface area contributed by atoms with E-state index in [1.807, 2.05) is 54.6 Å². The maximum atomic E-state index is 11.4. The number of carboxylic acids is 1. The molecule has 0 saturated heterocycles. The van der Waals surface area contributed by atoms with Gasteiger partial charge in [0.25, 0.3) is 0 Å². The average molecular weight is 267 g/mol. The van der Waals surface area contributed by atoms with Gasteiger partial charge in [0, 0.05) is 11.3 Å². The highest BCUT2D eigenvalue weighted by Crippen LogP contribution is 2.36. The number of nitrogens with one attached hydrogen (secondary N) is 1. The first kappa shape index (κ1) is 12.7. The van der Waals surface area contributed by atoms with Gasteiger partial charge in [0.1, 0.15) is 6.04 Å². The standard InChI is InChI=1S/C17H17NO2/c19-17(20)16(13-10-11-13)18-15-9-5-4-8-14(15)12-6-2-1-3-7-12/h1-9,13,16,18H,10-11H2,(H,19,20). The molecule has 2 N–H and O–H groups in total. The average Bonchev–Trinajstić information content (AvgIpc) is 3.30. The summed E-state index contributed by atoms with van der Waals surface area (Å²) in [5, 5.41) is 12.6. The molecule has 2 aromatic carbocycles. The van der Waals surface area contributed by atoms with Crippen LogP contribution in [0.4, 0.5) is 5.69 Å². The lowest BCUT2D eigenvalue weighted by Gasteiger charge is -2.18. The molecule has 3 rings (SSSR count). The molecule has 0 amide bonds. The predicted molar refractivity (Wildman–Crippen MR) is 79.6 cm³/mol. The molecular weight excluding hydrogens is 250 g/mol. The molecule has 3 nitrogen and oxygen atoms in total. The van der Waals surface area contributed by atoms with Crippen molar-refractivity contribution in [1.82, 2.24) is 0 Å². The first-order chi connectivity index (χ1) is 9.75. The third-order valence-corrected chi connectivity index (χ3v) is 3.68. The monoisotopic (exact) mass is 267 g/mol. The van der Waals surface area contributed by atoms with Gasteiger partial charge in [-0.2, -0.15) is 0 Å². The van der Waals surface area contributed by atoms with Gasteiger partial charge in [-0.05, 0) is 30.4 Å². The first-order valence-corrected chi connectivity index (χ1v) is 6.89. The molecule has 1 aliphatic rings. The quantitative estimate of drug-likeness (QED) is 0.869. The highest BCUT2D eigenvalue weighted by molar-refractivity contribution is 5.83. The summed E-state index contributed by atoms with van der Waals surface area (Å²) in [5.74, 6) is -0.508. The van der Waals surface area contributed by atoms with Crippen molar-refractivity contribution in [3.8, 4) is 11.1 Å². The second-order valence-electron chi connectivity index (χ2n) is 5.21. The Morgan fingerprint density at radius 3 is 2.35 bits per heavy atom. The second kappa shape index (κ2) is 5.37. The number of hydrogen-bond acceptors (Lipinski definition) is 2. The van der Waals surface area contributed by atoms with Crippen molar-refractivity contribution in [3.05, 3.63) is 54.6 Å². The van der Waals surface area contributed by atoms with E-state index in [1.165, 1.54) is 0 Å². The number of benzene rings is 2. The number of aliphatic carboxylic acids is 1. The van der Waals surface area contributed by atoms with E-state index in [9.17, 15) is 9.90 Å². The predicted octanol–water partition coefficient (Wildman–Crippen LogP) is 3.63. The zero-order valence-corrected chi connectivity index (χ0v) is 11.1. The Hall–Kier alpha value is -2.29. The second-order valence-corrected chi connectivity index (χ2v) is 5.21. The van der Waals surface area contributed by atoms with Crippen LogP contribution in [0.25, 0.3) is 11.1 Å². The number of hydrogen-bond donors (Lipinski definition) is 2. The molecule has 0 heterocycles. The van der Waals surface area contributed by atoms with E-state index in [1.54, 1.807) is 0 Å². The van der Waals surface area contributed by atoms with E-state index in [0.717, 1.165) is 29.7 Å². The molecule has 102 valence electrons. The largest absolute Gasteiger partial charge is 0.480 e. The van der Waals surface area contributed by atoms with Crippen molar-refractivity contribution < 1.29 is 9.90 Å². The molecule has 1 fully saturated rings. The lowest BCUT2D eigenvalue weighted by molar-refractivity contribution is -0.138. The van der Waals surface area contributed by atoms with Crippen LogP contribution in [0.15, 0.2) is 54.6 Å². The van der Waals surface area contributed by atoms with Crippen molar-refractivity contribution in [2.75, 3.05) is 5.32 Å². The van der Waals surface area contributed by atoms with Crippen LogP contribution in [-0.2, 0) is 4.79 Å². The number of rotatable bonds is 5. The van der Waals surface area contributed by atoms with E-state index in [0.29, 0.717) is 0 Å². The topological polar surface area (TPSA) is 49.3 Å². The summed E-state index contributed by atoms with van der Waals surface area (Å²) in [7, 11) is 0. The lowest BCUT2D eigenvalue weighted by Crippen LogP contribution is -2.31. The molecule has 0 bridgehead atoms. The molecule has 1 unspecified atom stereocenters. The molecule has 0 aliphatic heterocycles. The van der Waals surface area contributed by atoms with Crippen molar-refractivity contribution in [2.45, 2.75) is 18.9 Å². The zero-order valence-electron chi connectivity index (χ0n) is 11.1. The molecular formula is C17H17NO2. The van der Waals surface area contributed by atoms with Crippen LogP contribution in [0.5, 0.6) is 0 Å². The summed E-state index contributed by atoms with van der Waals surface area (Å²) in [4.78, 5) is 11.4. The minimum atomic E-state index is -0.768. The van der Waals surface area contributed by atoms with Gasteiger partial charge in [-0.3, -0.25) is 0 Å². The maximum absolute atomic E-state index is 11.4. The van der Waals surface area contributed by atoms with Crippen LogP contribution in [0.2, 0.25) is 0 Å². The summed E-state index contributed by atoms with van der Waals surface area (Å²) in [5.41, 5.74) is 3.02. The summed E-state index contributed by atoms with van der Waals surface area (Å²) in [6.07, 6.45) is 1.99. The minimum absolute atomic E-state index is 0.260. The third kappa shape index (κ3) is 2.67. The normalized spacial score (nSPS) is 15.6. The fourth-order valence-electron chi connectivity index (χ4n) is 2.46. The fourth-order valence-corrected chi connectivity index (χ4v) is 2.46. The van der Waals surface area contributed by atoms with Gasteiger partial charge in [0.15, 0.2) is 0 Å². The van der Waals surface area contributed by atoms with Crippen molar-refractivity contribution in [3.63, 3.8) is 0 Å². The van der Waals surface area contributed by atoms with Gasteiger partial charge in [0.05, 0.1) is 0 Å². The SMILES string of the molecule is O=C(O)C(Nc1ccccc1-c1ccccc1)C1CC1. The maximum Gasteiger partial charge on any atom is 0.326 e. The smallest absolute Gasteiger partial charge is 0.326 e. The summed E-state index contributed by atoms with van der Waals surface area (Å²) >= 11 is 0. The van der Waals surface area contributed by atoms with Crippen molar-refractivity contribution in [1.29, 1.82) is 0 Å². The zero-order chi connectivity index (χ0) is 13.9. The number of carbonyl (C=O) groups is 1. The lowest BCUT2D eigenvalue weighted by atomic mass is 10.0. The van der Waals surface area contributed by atoms with Gasteiger partial charge in [-0.1, -0.05) is 48.5 Å². The Labute approximate surface area is 118 Å². The Morgan fingerprint density at radius 1 is 1.05 bits per heavy atom. The van der Waals surface area contributed by atoms with Gasteiger partial charge < -0.3 is 10.4 Å². The van der Waals surface area contributed by atoms with Crippen LogP contribution >= 0.6 is 0 Å². The first-order valence-electron chi connectivity index (χ1n) is 6.89. The Kier molecular flexibility index (Phi) is 3.42. The van der Waals surface area contributed by atoms with E-state index >= 15 is 0 Å². The number of anilines is 1. The minimum Gasteiger partial charge on any atom is -0.480 e. The molecule has 3 heteroatoms. The van der Waals surface area contributed by atoms with E-state index in [2.05, 4.69) is 5.32 Å². The third-order valence-electron chi connectivity index (χ3n) is 3.68. The van der Waals surface area contributed by atoms with Gasteiger partial charge in [-0.25, -0.2) is 4.79 Å². The van der Waals surface area contributed by atoms with E-state index in [4.69, 9.17) is 0 Å². The Morgan fingerprint density at radius 2 is 1.70 bits per heavy atom. The van der Waals surface area contributed by atoms with Crippen LogP contribution in [0, 0.1) is 5.92 Å². The highest BCUT2D eigenvalue weighted by atomic mass is 16.4. The molecule has 1 saturated carbocycles.